The summed E-state index contributed by atoms with van der Waals surface area (Å²) in [6, 6.07) is 3.58. The summed E-state index contributed by atoms with van der Waals surface area (Å²) in [6.07, 6.45) is 0. The first-order valence-electron chi connectivity index (χ1n) is 9.92. The predicted octanol–water partition coefficient (Wildman–Crippen LogP) is 4.32. The zero-order valence-corrected chi connectivity index (χ0v) is 19.7. The quantitative estimate of drug-likeness (QED) is 0.397. The van der Waals surface area contributed by atoms with Gasteiger partial charge in [-0.3, -0.25) is 0 Å². The van der Waals surface area contributed by atoms with Crippen LogP contribution in [0.15, 0.2) is 30.8 Å². The lowest BCUT2D eigenvalue weighted by molar-refractivity contribution is 0.309. The van der Waals surface area contributed by atoms with E-state index in [0.29, 0.717) is 18.9 Å². The van der Waals surface area contributed by atoms with Crippen LogP contribution in [0.25, 0.3) is 0 Å². The topological polar surface area (TPSA) is 134 Å². The Balaban J connectivity index is 1.85. The third-order valence-corrected chi connectivity index (χ3v) is 8.32. The molecular formula is C19H27N5O5S2. The fourth-order valence-electron chi connectivity index (χ4n) is 3.11. The lowest BCUT2D eigenvalue weighted by atomic mass is 10.0. The molecule has 0 aromatic carbocycles. The molecule has 0 radical (unpaired) electrons. The molecule has 0 aliphatic carbocycles. The van der Waals surface area contributed by atoms with Crippen LogP contribution in [0.3, 0.4) is 0 Å². The van der Waals surface area contributed by atoms with Crippen molar-refractivity contribution in [3.63, 3.8) is 0 Å². The molecule has 3 N–H and O–H groups in total. The fraction of sp³-hybridized carbons (Fsp3) is 0.474. The van der Waals surface area contributed by atoms with Crippen LogP contribution >= 0.6 is 11.3 Å². The van der Waals surface area contributed by atoms with E-state index in [-0.39, 0.29) is 33.4 Å². The molecule has 3 aromatic heterocycles. The summed E-state index contributed by atoms with van der Waals surface area (Å²) in [4.78, 5) is 0. The maximum absolute atomic E-state index is 12.8. The first-order chi connectivity index (χ1) is 14.7. The number of sulfonamides is 1. The molecule has 3 rings (SSSR count). The van der Waals surface area contributed by atoms with Crippen molar-refractivity contribution in [2.24, 2.45) is 5.92 Å². The van der Waals surface area contributed by atoms with Gasteiger partial charge in [-0.1, -0.05) is 27.7 Å². The predicted molar refractivity (Wildman–Crippen MR) is 118 cm³/mol. The van der Waals surface area contributed by atoms with Crippen molar-refractivity contribution in [1.82, 2.24) is 14.6 Å². The van der Waals surface area contributed by atoms with Gasteiger partial charge >= 0.3 is 0 Å². The van der Waals surface area contributed by atoms with E-state index in [1.807, 2.05) is 32.9 Å². The van der Waals surface area contributed by atoms with Gasteiger partial charge in [-0.05, 0) is 35.3 Å². The van der Waals surface area contributed by atoms with E-state index < -0.39 is 10.0 Å². The highest BCUT2D eigenvalue weighted by atomic mass is 32.2. The van der Waals surface area contributed by atoms with E-state index in [0.717, 1.165) is 22.9 Å². The summed E-state index contributed by atoms with van der Waals surface area (Å²) < 4.78 is 37.3. The number of rotatable bonds is 10. The van der Waals surface area contributed by atoms with Crippen LogP contribution in [0.4, 0.5) is 17.3 Å². The van der Waals surface area contributed by atoms with Crippen LogP contribution in [0, 0.1) is 12.8 Å². The number of nitrogens with one attached hydrogen (secondary N) is 2. The molecular weight excluding hydrogens is 442 g/mol. The summed E-state index contributed by atoms with van der Waals surface area (Å²) in [5.74, 6) is 1.86. The minimum atomic E-state index is -3.79. The minimum Gasteiger partial charge on any atom is -0.504 e. The summed E-state index contributed by atoms with van der Waals surface area (Å²) in [5, 5.41) is 26.0. The van der Waals surface area contributed by atoms with Gasteiger partial charge in [-0.15, -0.1) is 11.3 Å². The van der Waals surface area contributed by atoms with Crippen molar-refractivity contribution >= 4 is 38.7 Å². The Morgan fingerprint density at radius 1 is 1.19 bits per heavy atom. The monoisotopic (exact) mass is 469 g/mol. The second-order valence-electron chi connectivity index (χ2n) is 7.28. The smallest absolute Gasteiger partial charge is 0.256 e. The third kappa shape index (κ3) is 4.70. The summed E-state index contributed by atoms with van der Waals surface area (Å²) in [7, 11) is -3.79. The van der Waals surface area contributed by atoms with Crippen LogP contribution in [-0.2, 0) is 10.0 Å². The summed E-state index contributed by atoms with van der Waals surface area (Å²) >= 11 is 0.932. The van der Waals surface area contributed by atoms with Crippen LogP contribution < -0.4 is 10.6 Å². The van der Waals surface area contributed by atoms with Crippen molar-refractivity contribution < 1.29 is 22.6 Å². The first-order valence-corrected chi connectivity index (χ1v) is 12.2. The van der Waals surface area contributed by atoms with Crippen LogP contribution in [0.2, 0.25) is 0 Å². The summed E-state index contributed by atoms with van der Waals surface area (Å²) in [5.41, 5.74) is 0.199. The molecule has 0 spiro atoms. The second kappa shape index (κ2) is 9.28. The molecule has 12 heteroatoms. The number of thiophene rings is 1. The largest absolute Gasteiger partial charge is 0.504 e. The molecule has 3 aromatic rings. The average molecular weight is 470 g/mol. The molecule has 0 unspecified atom stereocenters. The van der Waals surface area contributed by atoms with Crippen molar-refractivity contribution in [2.75, 3.05) is 23.7 Å². The molecule has 1 atom stereocenters. The molecule has 3 heterocycles. The van der Waals surface area contributed by atoms with Gasteiger partial charge < -0.3 is 20.2 Å². The van der Waals surface area contributed by atoms with Gasteiger partial charge in [0.05, 0.1) is 11.7 Å². The van der Waals surface area contributed by atoms with Crippen LogP contribution in [0.5, 0.6) is 5.75 Å². The lowest BCUT2D eigenvalue weighted by Crippen LogP contribution is -2.30. The Morgan fingerprint density at radius 3 is 2.45 bits per heavy atom. The molecule has 0 amide bonds. The summed E-state index contributed by atoms with van der Waals surface area (Å²) in [6.45, 7) is 10.0. The molecule has 0 saturated carbocycles. The minimum absolute atomic E-state index is 0.129. The Hall–Kier alpha value is -2.57. The number of hydrogen-bond acceptors (Lipinski definition) is 10. The molecule has 0 aliphatic rings. The van der Waals surface area contributed by atoms with Crippen LogP contribution in [0.1, 0.15) is 45.3 Å². The molecule has 0 fully saturated rings. The number of nitrogens with zero attached hydrogens (tertiary/aromatic N) is 3. The van der Waals surface area contributed by atoms with Gasteiger partial charge in [-0.25, -0.2) is 13.0 Å². The van der Waals surface area contributed by atoms with Crippen LogP contribution in [-0.4, -0.2) is 41.2 Å². The molecule has 0 aliphatic heterocycles. The fourth-order valence-corrected chi connectivity index (χ4v) is 5.95. The van der Waals surface area contributed by atoms with E-state index in [9.17, 15) is 13.5 Å². The van der Waals surface area contributed by atoms with Gasteiger partial charge in [0.2, 0.25) is 11.6 Å². The number of aryl methyl sites for hydroxylation is 1. The highest BCUT2D eigenvalue weighted by molar-refractivity contribution is 7.91. The number of hydrogen-bond donors (Lipinski definition) is 3. The van der Waals surface area contributed by atoms with Gasteiger partial charge in [0, 0.05) is 18.5 Å². The van der Waals surface area contributed by atoms with E-state index >= 15 is 0 Å². The molecule has 0 saturated heterocycles. The zero-order chi connectivity index (χ0) is 22.8. The number of furan rings is 1. The standard InChI is InChI=1S/C19H27N5O5S2/c1-6-24(7-2)31(26,27)19-16(25)13(10-30-19)20-17-18(23-29-22-17)21-15(11(3)4)14-9-8-12(5)28-14/h8-11,15,25H,6-7H2,1-5H3,(H,20,22)(H,21,23)/t15-/m1/s1. The van der Waals surface area contributed by atoms with E-state index in [4.69, 9.17) is 9.05 Å². The number of anilines is 3. The van der Waals surface area contributed by atoms with E-state index in [1.54, 1.807) is 13.8 Å². The third-order valence-electron chi connectivity index (χ3n) is 4.78. The molecule has 10 nitrogen and oxygen atoms in total. The SMILES string of the molecule is CCN(CC)S(=O)(=O)c1scc(Nc2nonc2N[C@@H](c2ccc(C)o2)C(C)C)c1O. The van der Waals surface area contributed by atoms with Crippen molar-refractivity contribution in [3.8, 4) is 5.75 Å². The van der Waals surface area contributed by atoms with Crippen molar-refractivity contribution in [3.05, 3.63) is 29.0 Å². The molecule has 31 heavy (non-hydrogen) atoms. The maximum atomic E-state index is 12.8. The van der Waals surface area contributed by atoms with Crippen molar-refractivity contribution in [2.45, 2.75) is 44.9 Å². The second-order valence-corrected chi connectivity index (χ2v) is 10.3. The first kappa shape index (κ1) is 23.1. The van der Waals surface area contributed by atoms with Gasteiger partial charge in [0.1, 0.15) is 11.5 Å². The highest BCUT2D eigenvalue weighted by Crippen LogP contribution is 2.41. The van der Waals surface area contributed by atoms with Gasteiger partial charge in [0.25, 0.3) is 10.0 Å². The van der Waals surface area contributed by atoms with Gasteiger partial charge in [-0.2, -0.15) is 4.31 Å². The average Bonchev–Trinajstić information content (AvgIpc) is 3.42. The Labute approximate surface area is 185 Å². The Bertz CT molecular complexity index is 1110. The Kier molecular flexibility index (Phi) is 6.92. The van der Waals surface area contributed by atoms with Crippen molar-refractivity contribution in [1.29, 1.82) is 0 Å². The van der Waals surface area contributed by atoms with E-state index in [2.05, 4.69) is 20.9 Å². The lowest BCUT2D eigenvalue weighted by Gasteiger charge is -2.20. The highest BCUT2D eigenvalue weighted by Gasteiger charge is 2.29. The number of aromatic nitrogens is 2. The molecule has 170 valence electrons. The zero-order valence-electron chi connectivity index (χ0n) is 18.0. The van der Waals surface area contributed by atoms with Gasteiger partial charge in [0.15, 0.2) is 9.96 Å². The normalized spacial score (nSPS) is 13.1. The van der Waals surface area contributed by atoms with E-state index in [1.165, 1.54) is 9.69 Å². The maximum Gasteiger partial charge on any atom is 0.256 e. The molecule has 0 bridgehead atoms. The number of aromatic hydroxyl groups is 1. The Morgan fingerprint density at radius 2 is 1.87 bits per heavy atom.